The Balaban J connectivity index is 1.27. The molecule has 0 aliphatic carbocycles. The number of carbonyl (C=O) groups is 2. The lowest BCUT2D eigenvalue weighted by Crippen LogP contribution is -2.45. The standard InChI is InChI=1S/C34H40N6O5Si/c1-21-31(46(3,4)44)30(16-17-40-19-28(37-38-40)26(20-41)22-8-6-5-7-9-22)45-34(21)27-18-25(14-15-29(27)39(2)33(34)43)36-32(42)23-10-12-24(35)13-11-23/h5-15,18-19,21,26,30-31,41,44H,16-17,20,35H2,1-4H3,(H,36,42)/t21-,26?,30+,31-,34+/m0/s1. The van der Waals surface area contributed by atoms with Gasteiger partial charge in [0.2, 0.25) is 0 Å². The second-order valence-electron chi connectivity index (χ2n) is 12.9. The third kappa shape index (κ3) is 5.51. The molecule has 1 unspecified atom stereocenters. The van der Waals surface area contributed by atoms with Gasteiger partial charge < -0.3 is 30.6 Å². The molecule has 12 heteroatoms. The number of aliphatic hydroxyl groups is 1. The molecule has 3 heterocycles. The summed E-state index contributed by atoms with van der Waals surface area (Å²) in [7, 11) is -1.13. The van der Waals surface area contributed by atoms with Crippen LogP contribution in [-0.2, 0) is 21.7 Å². The van der Waals surface area contributed by atoms with E-state index in [2.05, 4.69) is 15.6 Å². The number of anilines is 3. The Morgan fingerprint density at radius 2 is 1.85 bits per heavy atom. The summed E-state index contributed by atoms with van der Waals surface area (Å²) in [6.45, 7) is 6.10. The highest BCUT2D eigenvalue weighted by molar-refractivity contribution is 6.71. The maximum atomic E-state index is 14.1. The number of amides is 2. The maximum absolute atomic E-state index is 14.1. The molecular formula is C34H40N6O5Si. The predicted molar refractivity (Wildman–Crippen MR) is 178 cm³/mol. The van der Waals surface area contributed by atoms with Gasteiger partial charge in [0.15, 0.2) is 13.9 Å². The van der Waals surface area contributed by atoms with E-state index in [1.54, 1.807) is 47.0 Å². The Bertz CT molecular complexity index is 1740. The van der Waals surface area contributed by atoms with Crippen molar-refractivity contribution in [1.29, 1.82) is 0 Å². The summed E-state index contributed by atoms with van der Waals surface area (Å²) in [5.41, 5.74) is 8.74. The molecule has 4 aromatic rings. The molecule has 240 valence electrons. The van der Waals surface area contributed by atoms with E-state index in [9.17, 15) is 19.5 Å². The first-order chi connectivity index (χ1) is 21.9. The number of nitrogens with two attached hydrogens (primary N) is 1. The quantitative estimate of drug-likeness (QED) is 0.157. The zero-order chi connectivity index (χ0) is 32.8. The molecular weight excluding hydrogens is 600 g/mol. The molecule has 2 aliphatic heterocycles. The fourth-order valence-corrected chi connectivity index (χ4v) is 9.87. The van der Waals surface area contributed by atoms with Gasteiger partial charge in [-0.2, -0.15) is 0 Å². The molecule has 2 amide bonds. The highest BCUT2D eigenvalue weighted by Crippen LogP contribution is 2.59. The first-order valence-electron chi connectivity index (χ1n) is 15.5. The molecule has 0 bridgehead atoms. The number of nitrogens with zero attached hydrogens (tertiary/aromatic N) is 4. The Hall–Kier alpha value is -4.36. The van der Waals surface area contributed by atoms with Crippen molar-refractivity contribution in [1.82, 2.24) is 15.0 Å². The number of rotatable bonds is 9. The van der Waals surface area contributed by atoms with Gasteiger partial charge in [0.05, 0.1) is 30.0 Å². The molecule has 6 rings (SSSR count). The summed E-state index contributed by atoms with van der Waals surface area (Å²) >= 11 is 0. The molecule has 46 heavy (non-hydrogen) atoms. The lowest BCUT2D eigenvalue weighted by Gasteiger charge is -2.32. The number of likely N-dealkylation sites (N-methyl/N-ethyl adjacent to an activating group) is 1. The predicted octanol–water partition coefficient (Wildman–Crippen LogP) is 4.10. The molecule has 1 aromatic heterocycles. The van der Waals surface area contributed by atoms with Crippen LogP contribution in [0.4, 0.5) is 17.1 Å². The van der Waals surface area contributed by atoms with Crippen molar-refractivity contribution in [3.63, 3.8) is 0 Å². The number of aromatic nitrogens is 3. The van der Waals surface area contributed by atoms with E-state index in [4.69, 9.17) is 10.5 Å². The van der Waals surface area contributed by atoms with Crippen LogP contribution in [-0.4, -0.2) is 64.8 Å². The van der Waals surface area contributed by atoms with E-state index in [0.29, 0.717) is 46.8 Å². The highest BCUT2D eigenvalue weighted by atomic mass is 28.4. The van der Waals surface area contributed by atoms with Crippen LogP contribution >= 0.6 is 0 Å². The fraction of sp³-hybridized carbons (Fsp3) is 0.353. The monoisotopic (exact) mass is 640 g/mol. The Labute approximate surface area is 269 Å². The van der Waals surface area contributed by atoms with Gasteiger partial charge in [0, 0.05) is 53.8 Å². The zero-order valence-electron chi connectivity index (χ0n) is 26.4. The van der Waals surface area contributed by atoms with E-state index < -0.39 is 20.0 Å². The molecule has 1 spiro atoms. The van der Waals surface area contributed by atoms with Gasteiger partial charge in [0.1, 0.15) is 0 Å². The van der Waals surface area contributed by atoms with Crippen molar-refractivity contribution in [2.24, 2.45) is 5.92 Å². The van der Waals surface area contributed by atoms with Crippen molar-refractivity contribution in [3.05, 3.63) is 101 Å². The van der Waals surface area contributed by atoms with Crippen LogP contribution in [0.1, 0.15) is 46.4 Å². The first kappa shape index (κ1) is 31.6. The molecule has 3 aromatic carbocycles. The van der Waals surface area contributed by atoms with Crippen LogP contribution < -0.4 is 16.0 Å². The minimum atomic E-state index is -2.86. The third-order valence-corrected chi connectivity index (χ3v) is 12.0. The Kier molecular flexibility index (Phi) is 8.32. The van der Waals surface area contributed by atoms with Gasteiger partial charge in [0.25, 0.3) is 11.8 Å². The topological polar surface area (TPSA) is 156 Å². The number of fused-ring (bicyclic) bond motifs is 2. The van der Waals surface area contributed by atoms with E-state index in [1.807, 2.05) is 68.7 Å². The van der Waals surface area contributed by atoms with Crippen LogP contribution in [0, 0.1) is 5.92 Å². The minimum absolute atomic E-state index is 0.0989. The molecule has 1 fully saturated rings. The Morgan fingerprint density at radius 1 is 1.13 bits per heavy atom. The van der Waals surface area contributed by atoms with Crippen molar-refractivity contribution >= 4 is 37.2 Å². The van der Waals surface area contributed by atoms with E-state index in [1.165, 1.54) is 0 Å². The number of hydrogen-bond acceptors (Lipinski definition) is 8. The lowest BCUT2D eigenvalue weighted by molar-refractivity contribution is -0.145. The summed E-state index contributed by atoms with van der Waals surface area (Å²) in [5.74, 6) is -1.13. The number of nitrogens with one attached hydrogen (secondary N) is 1. The summed E-state index contributed by atoms with van der Waals surface area (Å²) < 4.78 is 8.58. The smallest absolute Gasteiger partial charge is 0.264 e. The van der Waals surface area contributed by atoms with Gasteiger partial charge in [-0.05, 0) is 67.5 Å². The molecule has 0 saturated carbocycles. The van der Waals surface area contributed by atoms with Gasteiger partial charge >= 0.3 is 0 Å². The van der Waals surface area contributed by atoms with E-state index in [-0.39, 0.29) is 35.8 Å². The second-order valence-corrected chi connectivity index (χ2v) is 16.8. The number of benzene rings is 3. The van der Waals surface area contributed by atoms with E-state index in [0.717, 1.165) is 5.56 Å². The number of aliphatic hydroxyl groups excluding tert-OH is 1. The SMILES string of the molecule is C[C@H]1[C@H]([Si](C)(C)O)[C@@H](CCn2cc(C(CO)c3ccccc3)nn2)O[C@]12C(=O)N(C)c1ccc(NC(=O)c3ccc(N)cc3)cc12. The third-order valence-electron chi connectivity index (χ3n) is 9.49. The van der Waals surface area contributed by atoms with Gasteiger partial charge in [-0.25, -0.2) is 0 Å². The number of aryl methyl sites for hydroxylation is 1. The molecule has 0 radical (unpaired) electrons. The van der Waals surface area contributed by atoms with Crippen LogP contribution in [0.5, 0.6) is 0 Å². The van der Waals surface area contributed by atoms with Crippen LogP contribution in [0.3, 0.4) is 0 Å². The number of ether oxygens (including phenoxy) is 1. The van der Waals surface area contributed by atoms with E-state index >= 15 is 0 Å². The van der Waals surface area contributed by atoms with Gasteiger partial charge in [-0.15, -0.1) is 5.10 Å². The Morgan fingerprint density at radius 3 is 2.52 bits per heavy atom. The summed E-state index contributed by atoms with van der Waals surface area (Å²) in [4.78, 5) is 40.3. The average Bonchev–Trinajstić information content (AvgIpc) is 3.68. The molecule has 2 aliphatic rings. The minimum Gasteiger partial charge on any atom is -0.432 e. The number of hydrogen-bond donors (Lipinski definition) is 4. The van der Waals surface area contributed by atoms with Gasteiger partial charge in [-0.3, -0.25) is 14.3 Å². The highest BCUT2D eigenvalue weighted by Gasteiger charge is 2.65. The number of nitrogen functional groups attached to an aromatic ring is 1. The number of carbonyl (C=O) groups excluding carboxylic acids is 2. The van der Waals surface area contributed by atoms with Crippen LogP contribution in [0.2, 0.25) is 18.6 Å². The van der Waals surface area contributed by atoms with Crippen molar-refractivity contribution in [2.75, 3.05) is 29.6 Å². The van der Waals surface area contributed by atoms with Crippen molar-refractivity contribution < 1.29 is 24.2 Å². The summed E-state index contributed by atoms with van der Waals surface area (Å²) in [5, 5.41) is 21.7. The molecule has 1 saturated heterocycles. The van der Waals surface area contributed by atoms with Crippen LogP contribution in [0.15, 0.2) is 79.0 Å². The van der Waals surface area contributed by atoms with Crippen molar-refractivity contribution in [2.45, 2.75) is 56.1 Å². The summed E-state index contributed by atoms with van der Waals surface area (Å²) in [6, 6.07) is 21.7. The molecule has 11 nitrogen and oxygen atoms in total. The lowest BCUT2D eigenvalue weighted by atomic mass is 9.82. The summed E-state index contributed by atoms with van der Waals surface area (Å²) in [6.07, 6.45) is 1.89. The first-order valence-corrected chi connectivity index (χ1v) is 18.5. The van der Waals surface area contributed by atoms with Crippen molar-refractivity contribution in [3.8, 4) is 0 Å². The fourth-order valence-electron chi connectivity index (χ4n) is 7.27. The average molecular weight is 641 g/mol. The van der Waals surface area contributed by atoms with Crippen LogP contribution in [0.25, 0.3) is 0 Å². The normalized spacial score (nSPS) is 23.1. The zero-order valence-corrected chi connectivity index (χ0v) is 27.4. The maximum Gasteiger partial charge on any atom is 0.264 e. The van der Waals surface area contributed by atoms with Gasteiger partial charge in [-0.1, -0.05) is 42.5 Å². The molecule has 5 N–H and O–H groups in total. The largest absolute Gasteiger partial charge is 0.432 e. The second kappa shape index (κ2) is 12.1. The molecule has 5 atom stereocenters.